The Morgan fingerprint density at radius 2 is 2.00 bits per heavy atom. The molecule has 0 spiro atoms. The zero-order valence-electron chi connectivity index (χ0n) is 17.3. The van der Waals surface area contributed by atoms with Crippen LogP contribution in [0.4, 0.5) is 0 Å². The van der Waals surface area contributed by atoms with Crippen LogP contribution in [0.1, 0.15) is 70.8 Å². The highest BCUT2D eigenvalue weighted by Crippen LogP contribution is 2.67. The van der Waals surface area contributed by atoms with Crippen molar-refractivity contribution in [3.05, 3.63) is 36.2 Å². The number of aromatic nitrogens is 1. The van der Waals surface area contributed by atoms with E-state index >= 15 is 0 Å². The molecule has 0 amide bonds. The second-order valence-electron chi connectivity index (χ2n) is 10.6. The SMILES string of the molecule is C#C[C@@]1(O)CC[C@@]2(C)C(CCC3C2CC[C@]2(C)C(c4cccnc4)=CCC32)C1. The van der Waals surface area contributed by atoms with Crippen molar-refractivity contribution in [1.29, 1.82) is 0 Å². The standard InChI is InChI=1S/C26H33NO/c1-4-26(28)14-13-24(2)19(16-26)7-8-20-22-10-9-21(18-6-5-15-27-17-18)25(22,3)12-11-23(20)24/h1,5-6,9,15,17,19-20,22-23,28H,7-8,10-14,16H2,2-3H3/t19?,20?,22?,23?,24-,25+,26+/m0/s1. The molecule has 7 atom stereocenters. The maximum atomic E-state index is 10.7. The van der Waals surface area contributed by atoms with Crippen molar-refractivity contribution < 1.29 is 5.11 Å². The molecule has 0 saturated heterocycles. The van der Waals surface area contributed by atoms with E-state index in [1.54, 1.807) is 5.57 Å². The van der Waals surface area contributed by atoms with Gasteiger partial charge in [-0.05, 0) is 103 Å². The van der Waals surface area contributed by atoms with E-state index in [-0.39, 0.29) is 0 Å². The average Bonchev–Trinajstić information content (AvgIpc) is 3.06. The second kappa shape index (κ2) is 6.20. The second-order valence-corrected chi connectivity index (χ2v) is 10.6. The molecule has 0 aromatic carbocycles. The Morgan fingerprint density at radius 3 is 2.75 bits per heavy atom. The molecule has 1 heterocycles. The van der Waals surface area contributed by atoms with Crippen molar-refractivity contribution in [2.24, 2.45) is 34.5 Å². The van der Waals surface area contributed by atoms with Gasteiger partial charge in [-0.2, -0.15) is 0 Å². The molecule has 5 rings (SSSR count). The smallest absolute Gasteiger partial charge is 0.125 e. The number of allylic oxidation sites excluding steroid dienone is 2. The number of pyridine rings is 1. The Hall–Kier alpha value is -1.59. The number of nitrogens with zero attached hydrogens (tertiary/aromatic N) is 1. The van der Waals surface area contributed by atoms with Gasteiger partial charge in [-0.25, -0.2) is 0 Å². The van der Waals surface area contributed by atoms with E-state index in [0.717, 1.165) is 37.0 Å². The molecule has 1 aromatic heterocycles. The van der Waals surface area contributed by atoms with Gasteiger partial charge in [-0.1, -0.05) is 31.9 Å². The lowest BCUT2D eigenvalue weighted by atomic mass is 9.44. The first-order chi connectivity index (χ1) is 13.4. The van der Waals surface area contributed by atoms with Gasteiger partial charge in [-0.15, -0.1) is 6.42 Å². The first-order valence-corrected chi connectivity index (χ1v) is 11.2. The number of hydrogen-bond donors (Lipinski definition) is 1. The molecule has 4 aliphatic rings. The fraction of sp³-hybridized carbons (Fsp3) is 0.654. The molecule has 0 bridgehead atoms. The molecule has 0 radical (unpaired) electrons. The largest absolute Gasteiger partial charge is 0.378 e. The predicted octanol–water partition coefficient (Wildman–Crippen LogP) is 5.48. The molecule has 2 nitrogen and oxygen atoms in total. The van der Waals surface area contributed by atoms with Crippen molar-refractivity contribution in [2.75, 3.05) is 0 Å². The third-order valence-electron chi connectivity index (χ3n) is 9.55. The minimum absolute atomic E-state index is 0.293. The number of aliphatic hydroxyl groups is 1. The van der Waals surface area contributed by atoms with E-state index in [2.05, 4.69) is 43.0 Å². The van der Waals surface area contributed by atoms with Crippen LogP contribution in [0.3, 0.4) is 0 Å². The molecule has 0 aliphatic heterocycles. The molecule has 1 aromatic rings. The third kappa shape index (κ3) is 2.48. The van der Waals surface area contributed by atoms with Crippen molar-refractivity contribution in [2.45, 2.75) is 70.8 Å². The summed E-state index contributed by atoms with van der Waals surface area (Å²) in [6.07, 6.45) is 21.2. The summed E-state index contributed by atoms with van der Waals surface area (Å²) < 4.78 is 0. The Balaban J connectivity index is 1.42. The van der Waals surface area contributed by atoms with Crippen LogP contribution in [0.5, 0.6) is 0 Å². The van der Waals surface area contributed by atoms with Crippen molar-refractivity contribution in [3.63, 3.8) is 0 Å². The van der Waals surface area contributed by atoms with Crippen molar-refractivity contribution in [1.82, 2.24) is 4.98 Å². The van der Waals surface area contributed by atoms with Gasteiger partial charge in [0.25, 0.3) is 0 Å². The van der Waals surface area contributed by atoms with Crippen LogP contribution < -0.4 is 0 Å². The van der Waals surface area contributed by atoms with Gasteiger partial charge in [0.15, 0.2) is 0 Å². The minimum Gasteiger partial charge on any atom is -0.378 e. The zero-order valence-corrected chi connectivity index (χ0v) is 17.3. The van der Waals surface area contributed by atoms with Crippen LogP contribution in [0.15, 0.2) is 30.6 Å². The maximum Gasteiger partial charge on any atom is 0.125 e. The molecule has 2 heteroatoms. The van der Waals surface area contributed by atoms with Gasteiger partial charge in [0.05, 0.1) is 0 Å². The van der Waals surface area contributed by atoms with Gasteiger partial charge in [0, 0.05) is 12.4 Å². The van der Waals surface area contributed by atoms with Gasteiger partial charge in [0.2, 0.25) is 0 Å². The molecule has 4 aliphatic carbocycles. The summed E-state index contributed by atoms with van der Waals surface area (Å²) >= 11 is 0. The highest BCUT2D eigenvalue weighted by Gasteiger charge is 2.59. The van der Waals surface area contributed by atoms with Crippen LogP contribution in [-0.4, -0.2) is 15.7 Å². The number of rotatable bonds is 1. The molecule has 1 N–H and O–H groups in total. The van der Waals surface area contributed by atoms with E-state index in [4.69, 9.17) is 6.42 Å². The Bertz CT molecular complexity index is 838. The van der Waals surface area contributed by atoms with Crippen molar-refractivity contribution >= 4 is 5.57 Å². The van der Waals surface area contributed by atoms with E-state index in [1.165, 1.54) is 37.7 Å². The average molecular weight is 376 g/mol. The lowest BCUT2D eigenvalue weighted by molar-refractivity contribution is -0.128. The summed E-state index contributed by atoms with van der Waals surface area (Å²) in [6, 6.07) is 4.30. The lowest BCUT2D eigenvalue weighted by Crippen LogP contribution is -2.55. The summed E-state index contributed by atoms with van der Waals surface area (Å²) in [5.74, 6) is 5.64. The zero-order chi connectivity index (χ0) is 19.6. The molecular formula is C26H33NO. The monoisotopic (exact) mass is 375 g/mol. The fourth-order valence-electron chi connectivity index (χ4n) is 7.91. The fourth-order valence-corrected chi connectivity index (χ4v) is 7.91. The first-order valence-electron chi connectivity index (χ1n) is 11.2. The van der Waals surface area contributed by atoms with E-state index < -0.39 is 5.60 Å². The molecule has 3 fully saturated rings. The van der Waals surface area contributed by atoms with Crippen LogP contribution in [0, 0.1) is 46.8 Å². The molecular weight excluding hydrogens is 342 g/mol. The normalized spacial score (nSPS) is 47.3. The van der Waals surface area contributed by atoms with Gasteiger partial charge in [-0.3, -0.25) is 4.98 Å². The van der Waals surface area contributed by atoms with E-state index in [0.29, 0.717) is 16.7 Å². The van der Waals surface area contributed by atoms with Crippen LogP contribution in [0.25, 0.3) is 5.57 Å². The van der Waals surface area contributed by atoms with Crippen molar-refractivity contribution in [3.8, 4) is 12.3 Å². The molecule has 28 heavy (non-hydrogen) atoms. The Morgan fingerprint density at radius 1 is 1.14 bits per heavy atom. The topological polar surface area (TPSA) is 33.1 Å². The maximum absolute atomic E-state index is 10.7. The summed E-state index contributed by atoms with van der Waals surface area (Å²) in [7, 11) is 0. The number of hydrogen-bond acceptors (Lipinski definition) is 2. The highest BCUT2D eigenvalue weighted by molar-refractivity contribution is 5.72. The number of fused-ring (bicyclic) bond motifs is 5. The first kappa shape index (κ1) is 18.4. The Labute approximate surface area is 169 Å². The molecule has 148 valence electrons. The van der Waals surface area contributed by atoms with Gasteiger partial charge >= 0.3 is 0 Å². The minimum atomic E-state index is -0.859. The van der Waals surface area contributed by atoms with Crippen LogP contribution in [-0.2, 0) is 0 Å². The third-order valence-corrected chi connectivity index (χ3v) is 9.55. The summed E-state index contributed by atoms with van der Waals surface area (Å²) in [4.78, 5) is 4.39. The van der Waals surface area contributed by atoms with Gasteiger partial charge in [0.1, 0.15) is 5.60 Å². The van der Waals surface area contributed by atoms with E-state index in [9.17, 15) is 5.11 Å². The lowest BCUT2D eigenvalue weighted by Gasteiger charge is -2.61. The predicted molar refractivity (Wildman–Crippen MR) is 113 cm³/mol. The number of terminal acetylenes is 1. The quantitative estimate of drug-likeness (QED) is 0.659. The molecule has 4 unspecified atom stereocenters. The van der Waals surface area contributed by atoms with Gasteiger partial charge < -0.3 is 5.11 Å². The van der Waals surface area contributed by atoms with Crippen LogP contribution >= 0.6 is 0 Å². The summed E-state index contributed by atoms with van der Waals surface area (Å²) in [5, 5.41) is 10.7. The summed E-state index contributed by atoms with van der Waals surface area (Å²) in [6.45, 7) is 5.05. The highest BCUT2D eigenvalue weighted by atomic mass is 16.3. The molecule has 3 saturated carbocycles. The van der Waals surface area contributed by atoms with E-state index in [1.807, 2.05) is 12.4 Å². The Kier molecular flexibility index (Phi) is 4.08. The summed E-state index contributed by atoms with van der Waals surface area (Å²) in [5.41, 5.74) is 2.65. The van der Waals surface area contributed by atoms with Crippen LogP contribution in [0.2, 0.25) is 0 Å².